The molecule has 6 nitrogen and oxygen atoms in total. The fraction of sp³-hybridized carbons (Fsp3) is 0.462. The fourth-order valence-corrected chi connectivity index (χ4v) is 1.70. The number of benzene rings is 1. The largest absolute Gasteiger partial charge is 0.388 e. The van der Waals surface area contributed by atoms with Gasteiger partial charge in [0.05, 0.1) is 17.3 Å². The molecule has 2 rings (SSSR count). The van der Waals surface area contributed by atoms with Crippen molar-refractivity contribution in [1.29, 1.82) is 0 Å². The lowest BCUT2D eigenvalue weighted by Crippen LogP contribution is -2.39. The highest BCUT2D eigenvalue weighted by Crippen LogP contribution is 2.20. The normalized spacial score (nSPS) is 13.3. The molecule has 19 heavy (non-hydrogen) atoms. The van der Waals surface area contributed by atoms with Crippen molar-refractivity contribution in [3.63, 3.8) is 0 Å². The Morgan fingerprint density at radius 3 is 2.63 bits per heavy atom. The fourth-order valence-electron chi connectivity index (χ4n) is 1.70. The van der Waals surface area contributed by atoms with Gasteiger partial charge >= 0.3 is 0 Å². The molecule has 2 N–H and O–H groups in total. The highest BCUT2D eigenvalue weighted by atomic mass is 16.3. The van der Waals surface area contributed by atoms with Gasteiger partial charge in [-0.2, -0.15) is 0 Å². The van der Waals surface area contributed by atoms with Gasteiger partial charge in [0.1, 0.15) is 6.33 Å². The van der Waals surface area contributed by atoms with Gasteiger partial charge in [0, 0.05) is 5.69 Å². The molecule has 0 saturated heterocycles. The van der Waals surface area contributed by atoms with Crippen LogP contribution in [0.15, 0.2) is 24.5 Å². The third-order valence-corrected chi connectivity index (χ3v) is 3.24. The maximum Gasteiger partial charge on any atom is 0.143 e. The van der Waals surface area contributed by atoms with E-state index >= 15 is 0 Å². The Hall–Kier alpha value is -1.95. The quantitative estimate of drug-likeness (QED) is 0.873. The number of hydrogen-bond acceptors (Lipinski definition) is 5. The molecule has 0 radical (unpaired) electrons. The zero-order valence-corrected chi connectivity index (χ0v) is 11.6. The van der Waals surface area contributed by atoms with Crippen LogP contribution in [0.5, 0.6) is 0 Å². The summed E-state index contributed by atoms with van der Waals surface area (Å²) in [5.74, 6) is 0. The van der Waals surface area contributed by atoms with E-state index < -0.39 is 5.60 Å². The smallest absolute Gasteiger partial charge is 0.143 e. The summed E-state index contributed by atoms with van der Waals surface area (Å²) in [7, 11) is 0. The molecule has 102 valence electrons. The SMILES string of the molecule is Cc1cc(NC(C)C(C)(C)O)ccc1-n1cnnn1. The molecule has 0 fully saturated rings. The second-order valence-corrected chi connectivity index (χ2v) is 5.28. The molecule has 0 aliphatic carbocycles. The maximum atomic E-state index is 9.93. The van der Waals surface area contributed by atoms with E-state index in [1.54, 1.807) is 24.9 Å². The first-order valence-electron chi connectivity index (χ1n) is 6.21. The van der Waals surface area contributed by atoms with Crippen LogP contribution in [-0.4, -0.2) is 37.0 Å². The summed E-state index contributed by atoms with van der Waals surface area (Å²) in [5.41, 5.74) is 2.18. The molecule has 0 spiro atoms. The van der Waals surface area contributed by atoms with E-state index in [9.17, 15) is 5.11 Å². The summed E-state index contributed by atoms with van der Waals surface area (Å²) in [4.78, 5) is 0. The number of rotatable bonds is 4. The molecule has 0 amide bonds. The van der Waals surface area contributed by atoms with Gasteiger partial charge in [-0.15, -0.1) is 5.10 Å². The molecule has 0 saturated carbocycles. The van der Waals surface area contributed by atoms with E-state index in [2.05, 4.69) is 20.8 Å². The summed E-state index contributed by atoms with van der Waals surface area (Å²) < 4.78 is 1.62. The van der Waals surface area contributed by atoms with Crippen molar-refractivity contribution in [3.8, 4) is 5.69 Å². The van der Waals surface area contributed by atoms with Crippen molar-refractivity contribution < 1.29 is 5.11 Å². The Morgan fingerprint density at radius 1 is 1.37 bits per heavy atom. The van der Waals surface area contributed by atoms with Crippen LogP contribution in [0.3, 0.4) is 0 Å². The lowest BCUT2D eigenvalue weighted by atomic mass is 10.0. The molecule has 2 aromatic rings. The number of tetrazole rings is 1. The second kappa shape index (κ2) is 4.97. The Labute approximate surface area is 112 Å². The van der Waals surface area contributed by atoms with Crippen LogP contribution in [0.2, 0.25) is 0 Å². The van der Waals surface area contributed by atoms with Crippen molar-refractivity contribution in [2.45, 2.75) is 39.3 Å². The van der Waals surface area contributed by atoms with Gasteiger partial charge in [0.15, 0.2) is 0 Å². The minimum atomic E-state index is -0.775. The van der Waals surface area contributed by atoms with Gasteiger partial charge in [0.25, 0.3) is 0 Å². The van der Waals surface area contributed by atoms with Crippen molar-refractivity contribution >= 4 is 5.69 Å². The molecule has 0 aliphatic heterocycles. The molecule has 1 heterocycles. The average molecular weight is 261 g/mol. The number of aryl methyl sites for hydroxylation is 1. The molecule has 1 unspecified atom stereocenters. The van der Waals surface area contributed by atoms with E-state index in [1.807, 2.05) is 32.0 Å². The molecule has 6 heteroatoms. The molecular formula is C13H19N5O. The van der Waals surface area contributed by atoms with E-state index in [0.717, 1.165) is 16.9 Å². The van der Waals surface area contributed by atoms with Crippen LogP contribution in [0.25, 0.3) is 5.69 Å². The average Bonchev–Trinajstić information content (AvgIpc) is 2.81. The third-order valence-electron chi connectivity index (χ3n) is 3.24. The molecule has 0 aliphatic rings. The lowest BCUT2D eigenvalue weighted by Gasteiger charge is -2.27. The van der Waals surface area contributed by atoms with Gasteiger partial charge in [-0.25, -0.2) is 4.68 Å². The third kappa shape index (κ3) is 3.08. The van der Waals surface area contributed by atoms with E-state index in [1.165, 1.54) is 0 Å². The van der Waals surface area contributed by atoms with Crippen molar-refractivity contribution in [2.24, 2.45) is 0 Å². The minimum Gasteiger partial charge on any atom is -0.388 e. The molecular weight excluding hydrogens is 242 g/mol. The van der Waals surface area contributed by atoms with Crippen molar-refractivity contribution in [2.75, 3.05) is 5.32 Å². The van der Waals surface area contributed by atoms with Crippen LogP contribution in [0.4, 0.5) is 5.69 Å². The summed E-state index contributed by atoms with van der Waals surface area (Å²) in [5, 5.41) is 24.3. The molecule has 1 aromatic heterocycles. The van der Waals surface area contributed by atoms with Crippen LogP contribution >= 0.6 is 0 Å². The van der Waals surface area contributed by atoms with Gasteiger partial charge in [0.2, 0.25) is 0 Å². The minimum absolute atomic E-state index is 0.0502. The lowest BCUT2D eigenvalue weighted by molar-refractivity contribution is 0.0649. The zero-order valence-electron chi connectivity index (χ0n) is 11.6. The predicted molar refractivity (Wildman–Crippen MR) is 73.3 cm³/mol. The number of hydrogen-bond donors (Lipinski definition) is 2. The Balaban J connectivity index is 2.20. The number of aliphatic hydroxyl groups is 1. The monoisotopic (exact) mass is 261 g/mol. The topological polar surface area (TPSA) is 75.9 Å². The number of nitrogens with one attached hydrogen (secondary N) is 1. The summed E-state index contributed by atoms with van der Waals surface area (Å²) >= 11 is 0. The van der Waals surface area contributed by atoms with Crippen LogP contribution < -0.4 is 5.32 Å². The van der Waals surface area contributed by atoms with Crippen molar-refractivity contribution in [3.05, 3.63) is 30.1 Å². The zero-order chi connectivity index (χ0) is 14.0. The van der Waals surface area contributed by atoms with Gasteiger partial charge < -0.3 is 10.4 Å². The van der Waals surface area contributed by atoms with Gasteiger partial charge in [-0.1, -0.05) is 0 Å². The standard InChI is InChI=1S/C13H19N5O/c1-9-7-11(15-10(2)13(3,4)19)5-6-12(9)18-8-14-16-17-18/h5-8,10,15,19H,1-4H3. The maximum absolute atomic E-state index is 9.93. The van der Waals surface area contributed by atoms with E-state index in [-0.39, 0.29) is 6.04 Å². The highest BCUT2D eigenvalue weighted by molar-refractivity contribution is 5.53. The van der Waals surface area contributed by atoms with Crippen LogP contribution in [-0.2, 0) is 0 Å². The summed E-state index contributed by atoms with van der Waals surface area (Å²) in [6, 6.07) is 5.86. The first-order chi connectivity index (χ1) is 8.88. The molecule has 1 aromatic carbocycles. The second-order valence-electron chi connectivity index (χ2n) is 5.28. The van der Waals surface area contributed by atoms with E-state index in [0.29, 0.717) is 0 Å². The highest BCUT2D eigenvalue weighted by Gasteiger charge is 2.22. The summed E-state index contributed by atoms with van der Waals surface area (Å²) in [6.07, 6.45) is 1.56. The van der Waals surface area contributed by atoms with Gasteiger partial charge in [-0.3, -0.25) is 0 Å². The first-order valence-corrected chi connectivity index (χ1v) is 6.21. The number of aromatic nitrogens is 4. The Kier molecular flexibility index (Phi) is 3.53. The van der Waals surface area contributed by atoms with Crippen LogP contribution in [0.1, 0.15) is 26.3 Å². The Morgan fingerprint density at radius 2 is 2.11 bits per heavy atom. The Bertz CT molecular complexity index is 545. The summed E-state index contributed by atoms with van der Waals surface area (Å²) in [6.45, 7) is 7.52. The van der Waals surface area contributed by atoms with Gasteiger partial charge in [-0.05, 0) is 61.9 Å². The van der Waals surface area contributed by atoms with Crippen molar-refractivity contribution in [1.82, 2.24) is 20.2 Å². The number of nitrogens with zero attached hydrogens (tertiary/aromatic N) is 4. The predicted octanol–water partition coefficient (Wildman–Crippen LogP) is 1.54. The van der Waals surface area contributed by atoms with Crippen LogP contribution in [0, 0.1) is 6.92 Å². The van der Waals surface area contributed by atoms with E-state index in [4.69, 9.17) is 0 Å². The molecule has 1 atom stereocenters. The number of anilines is 1. The molecule has 0 bridgehead atoms. The first kappa shape index (κ1) is 13.5.